The number of amides is 2. The molecule has 0 fully saturated rings. The monoisotopic (exact) mass is 377 g/mol. The van der Waals surface area contributed by atoms with Gasteiger partial charge in [-0.25, -0.2) is 0 Å². The molecule has 0 bridgehead atoms. The molecule has 1 heterocycles. The van der Waals surface area contributed by atoms with E-state index in [-0.39, 0.29) is 30.9 Å². The number of rotatable bonds is 7. The maximum atomic E-state index is 12.1. The van der Waals surface area contributed by atoms with Gasteiger partial charge in [0.2, 0.25) is 11.8 Å². The van der Waals surface area contributed by atoms with Crippen LogP contribution in [0.15, 0.2) is 23.2 Å². The van der Waals surface area contributed by atoms with Crippen molar-refractivity contribution in [2.45, 2.75) is 46.6 Å². The molecule has 0 saturated heterocycles. The third kappa shape index (κ3) is 5.26. The number of carbonyl (C=O) groups is 3. The highest BCUT2D eigenvalue weighted by molar-refractivity contribution is 7.16. The van der Waals surface area contributed by atoms with Crippen LogP contribution in [-0.4, -0.2) is 29.0 Å². The lowest BCUT2D eigenvalue weighted by atomic mass is 10.2. The maximum Gasteiger partial charge on any atom is 0.326 e. The zero-order chi connectivity index (χ0) is 19.1. The Morgan fingerprint density at radius 3 is 2.69 bits per heavy atom. The molecule has 2 rings (SSSR count). The predicted octanol–water partition coefficient (Wildman–Crippen LogP) is 2.84. The number of hydrogen-bond acceptors (Lipinski definition) is 5. The summed E-state index contributed by atoms with van der Waals surface area (Å²) in [6.07, 6.45) is 2.07. The Labute approximate surface area is 155 Å². The molecule has 0 radical (unpaired) electrons. The number of thiazole rings is 1. The summed E-state index contributed by atoms with van der Waals surface area (Å²) in [5, 5.41) is 2.72. The van der Waals surface area contributed by atoms with Crippen LogP contribution in [0, 0.1) is 0 Å². The van der Waals surface area contributed by atoms with Crippen molar-refractivity contribution in [1.29, 1.82) is 0 Å². The van der Waals surface area contributed by atoms with Crippen LogP contribution in [0.25, 0.3) is 10.2 Å². The third-order valence-electron chi connectivity index (χ3n) is 3.56. The molecular weight excluding hydrogens is 354 g/mol. The SMILES string of the molecule is CCCCC(=O)N=c1sc2cc(NC(C)=O)ccc2n1CC(=O)OCC. The maximum absolute atomic E-state index is 12.1. The van der Waals surface area contributed by atoms with Crippen molar-refractivity contribution in [3.05, 3.63) is 23.0 Å². The van der Waals surface area contributed by atoms with Crippen molar-refractivity contribution in [3.8, 4) is 0 Å². The highest BCUT2D eigenvalue weighted by Crippen LogP contribution is 2.22. The molecule has 2 aromatic rings. The van der Waals surface area contributed by atoms with Gasteiger partial charge in [-0.3, -0.25) is 14.4 Å². The van der Waals surface area contributed by atoms with E-state index < -0.39 is 0 Å². The zero-order valence-electron chi connectivity index (χ0n) is 15.2. The minimum atomic E-state index is -0.388. The van der Waals surface area contributed by atoms with Gasteiger partial charge in [-0.05, 0) is 31.5 Å². The fourth-order valence-corrected chi connectivity index (χ4v) is 3.50. The highest BCUT2D eigenvalue weighted by Gasteiger charge is 2.13. The van der Waals surface area contributed by atoms with Crippen molar-refractivity contribution in [2.24, 2.45) is 4.99 Å². The Bertz CT molecular complexity index is 882. The summed E-state index contributed by atoms with van der Waals surface area (Å²) >= 11 is 1.30. The second kappa shape index (κ2) is 9.28. The van der Waals surface area contributed by atoms with Crippen molar-refractivity contribution in [3.63, 3.8) is 0 Å². The van der Waals surface area contributed by atoms with Crippen LogP contribution in [0.4, 0.5) is 5.69 Å². The van der Waals surface area contributed by atoms with E-state index >= 15 is 0 Å². The number of esters is 1. The van der Waals surface area contributed by atoms with Gasteiger partial charge in [0.25, 0.3) is 0 Å². The predicted molar refractivity (Wildman–Crippen MR) is 101 cm³/mol. The van der Waals surface area contributed by atoms with Gasteiger partial charge in [0, 0.05) is 19.0 Å². The number of nitrogens with one attached hydrogen (secondary N) is 1. The minimum absolute atomic E-state index is 0.0206. The van der Waals surface area contributed by atoms with E-state index in [0.717, 1.165) is 23.1 Å². The molecule has 0 unspecified atom stereocenters. The molecule has 0 atom stereocenters. The summed E-state index contributed by atoms with van der Waals surface area (Å²) < 4.78 is 7.53. The van der Waals surface area contributed by atoms with Crippen molar-refractivity contribution in [1.82, 2.24) is 4.57 Å². The summed E-state index contributed by atoms with van der Waals surface area (Å²) in [6.45, 7) is 5.46. The lowest BCUT2D eigenvalue weighted by molar-refractivity contribution is -0.143. The van der Waals surface area contributed by atoms with Crippen LogP contribution in [-0.2, 0) is 25.7 Å². The van der Waals surface area contributed by atoms with Gasteiger partial charge in [0.15, 0.2) is 4.80 Å². The normalized spacial score (nSPS) is 11.6. The molecule has 2 amide bonds. The van der Waals surface area contributed by atoms with Gasteiger partial charge in [0.1, 0.15) is 6.54 Å². The molecule has 7 nitrogen and oxygen atoms in total. The Hall–Kier alpha value is -2.48. The van der Waals surface area contributed by atoms with E-state index in [0.29, 0.717) is 16.9 Å². The van der Waals surface area contributed by atoms with Crippen LogP contribution >= 0.6 is 11.3 Å². The van der Waals surface area contributed by atoms with E-state index in [1.165, 1.54) is 18.3 Å². The molecular formula is C18H23N3O4S. The number of anilines is 1. The van der Waals surface area contributed by atoms with Gasteiger partial charge in [-0.2, -0.15) is 4.99 Å². The lowest BCUT2D eigenvalue weighted by Crippen LogP contribution is -2.23. The summed E-state index contributed by atoms with van der Waals surface area (Å²) in [4.78, 5) is 39.9. The van der Waals surface area contributed by atoms with E-state index in [2.05, 4.69) is 10.3 Å². The number of carbonyl (C=O) groups excluding carboxylic acids is 3. The standard InChI is InChI=1S/C18H23N3O4S/c1-4-6-7-16(23)20-18-21(11-17(24)25-5-2)14-9-8-13(19-12(3)22)10-15(14)26-18/h8-10H,4-7,11H2,1-3H3,(H,19,22). The molecule has 1 aromatic heterocycles. The number of hydrogen-bond donors (Lipinski definition) is 1. The van der Waals surface area contributed by atoms with Crippen LogP contribution in [0.5, 0.6) is 0 Å². The molecule has 8 heteroatoms. The number of unbranched alkanes of at least 4 members (excludes halogenated alkanes) is 1. The highest BCUT2D eigenvalue weighted by atomic mass is 32.1. The largest absolute Gasteiger partial charge is 0.465 e. The molecule has 0 spiro atoms. The van der Waals surface area contributed by atoms with E-state index in [1.807, 2.05) is 6.92 Å². The molecule has 26 heavy (non-hydrogen) atoms. The molecule has 0 saturated carbocycles. The first-order valence-corrected chi connectivity index (χ1v) is 9.40. The number of ether oxygens (including phenoxy) is 1. The lowest BCUT2D eigenvalue weighted by Gasteiger charge is -2.06. The topological polar surface area (TPSA) is 89.8 Å². The Kier molecular flexibility index (Phi) is 7.08. The first-order chi connectivity index (χ1) is 12.4. The summed E-state index contributed by atoms with van der Waals surface area (Å²) in [6, 6.07) is 5.35. The Morgan fingerprint density at radius 2 is 2.04 bits per heavy atom. The summed E-state index contributed by atoms with van der Waals surface area (Å²) in [5.41, 5.74) is 1.41. The van der Waals surface area contributed by atoms with E-state index in [4.69, 9.17) is 4.74 Å². The van der Waals surface area contributed by atoms with Crippen LogP contribution < -0.4 is 10.1 Å². The van der Waals surface area contributed by atoms with Crippen LogP contribution in [0.2, 0.25) is 0 Å². The molecule has 0 aliphatic carbocycles. The third-order valence-corrected chi connectivity index (χ3v) is 4.60. The smallest absolute Gasteiger partial charge is 0.326 e. The fraction of sp³-hybridized carbons (Fsp3) is 0.444. The van der Waals surface area contributed by atoms with Crippen molar-refractivity contribution >= 4 is 45.0 Å². The first kappa shape index (κ1) is 19.8. The van der Waals surface area contributed by atoms with Gasteiger partial charge in [-0.15, -0.1) is 0 Å². The number of aromatic nitrogens is 1. The minimum Gasteiger partial charge on any atom is -0.465 e. The van der Waals surface area contributed by atoms with E-state index in [9.17, 15) is 14.4 Å². The number of fused-ring (bicyclic) bond motifs is 1. The second-order valence-electron chi connectivity index (χ2n) is 5.75. The van der Waals surface area contributed by atoms with Crippen molar-refractivity contribution in [2.75, 3.05) is 11.9 Å². The Balaban J connectivity index is 2.48. The average molecular weight is 377 g/mol. The van der Waals surface area contributed by atoms with Crippen molar-refractivity contribution < 1.29 is 19.1 Å². The average Bonchev–Trinajstić information content (AvgIpc) is 2.89. The molecule has 1 N–H and O–H groups in total. The molecule has 1 aromatic carbocycles. The number of nitrogens with zero attached hydrogens (tertiary/aromatic N) is 2. The van der Waals surface area contributed by atoms with Gasteiger partial charge in [0.05, 0.1) is 16.8 Å². The summed E-state index contributed by atoms with van der Waals surface area (Å²) in [7, 11) is 0. The molecule has 0 aliphatic rings. The van der Waals surface area contributed by atoms with Crippen LogP contribution in [0.3, 0.4) is 0 Å². The second-order valence-corrected chi connectivity index (χ2v) is 6.76. The zero-order valence-corrected chi connectivity index (χ0v) is 16.0. The van der Waals surface area contributed by atoms with Gasteiger partial charge < -0.3 is 14.6 Å². The number of benzene rings is 1. The quantitative estimate of drug-likeness (QED) is 0.751. The molecule has 140 valence electrons. The van der Waals surface area contributed by atoms with Crippen LogP contribution in [0.1, 0.15) is 40.0 Å². The van der Waals surface area contributed by atoms with Gasteiger partial charge in [-0.1, -0.05) is 24.7 Å². The fourth-order valence-electron chi connectivity index (χ4n) is 2.42. The molecule has 0 aliphatic heterocycles. The van der Waals surface area contributed by atoms with Gasteiger partial charge >= 0.3 is 5.97 Å². The first-order valence-electron chi connectivity index (χ1n) is 8.58. The Morgan fingerprint density at radius 1 is 1.27 bits per heavy atom. The van der Waals surface area contributed by atoms with E-state index in [1.54, 1.807) is 29.7 Å². The summed E-state index contributed by atoms with van der Waals surface area (Å²) in [5.74, 6) is -0.765.